The minimum Gasteiger partial charge on any atom is -0.478 e. The van der Waals surface area contributed by atoms with Crippen molar-refractivity contribution in [2.75, 3.05) is 0 Å². The zero-order valence-electron chi connectivity index (χ0n) is 13.0. The van der Waals surface area contributed by atoms with Crippen LogP contribution in [0.2, 0.25) is 0 Å². The third-order valence-electron chi connectivity index (χ3n) is 3.40. The van der Waals surface area contributed by atoms with E-state index in [1.807, 2.05) is 24.3 Å². The van der Waals surface area contributed by atoms with E-state index in [0.29, 0.717) is 24.1 Å². The lowest BCUT2D eigenvalue weighted by molar-refractivity contribution is 0.0697. The molecule has 0 aliphatic rings. The zero-order valence-corrected chi connectivity index (χ0v) is 13.0. The first-order valence-electron chi connectivity index (χ1n) is 7.29. The fraction of sp³-hybridized carbons (Fsp3) is 0.412. The van der Waals surface area contributed by atoms with Gasteiger partial charge in [-0.15, -0.1) is 0 Å². The van der Waals surface area contributed by atoms with Gasteiger partial charge in [0.25, 0.3) is 0 Å². The molecule has 2 rings (SSSR count). The fourth-order valence-corrected chi connectivity index (χ4v) is 2.28. The third-order valence-corrected chi connectivity index (χ3v) is 3.40. The van der Waals surface area contributed by atoms with Crippen molar-refractivity contribution in [3.63, 3.8) is 0 Å². The van der Waals surface area contributed by atoms with Crippen molar-refractivity contribution in [2.24, 2.45) is 5.92 Å². The molecule has 4 nitrogen and oxygen atoms in total. The maximum atomic E-state index is 11.4. The Morgan fingerprint density at radius 3 is 2.29 bits per heavy atom. The smallest absolute Gasteiger partial charge is 0.339 e. The molecular formula is C17H22N2O2. The van der Waals surface area contributed by atoms with Gasteiger partial charge in [0.1, 0.15) is 11.3 Å². The summed E-state index contributed by atoms with van der Waals surface area (Å²) in [6, 6.07) is 7.97. The summed E-state index contributed by atoms with van der Waals surface area (Å²) in [7, 11) is 0. The van der Waals surface area contributed by atoms with Crippen LogP contribution in [-0.2, 0) is 6.54 Å². The summed E-state index contributed by atoms with van der Waals surface area (Å²) < 4.78 is 1.72. The van der Waals surface area contributed by atoms with Crippen LogP contribution in [0.25, 0.3) is 11.3 Å². The average molecular weight is 286 g/mol. The van der Waals surface area contributed by atoms with Crippen LogP contribution in [0.3, 0.4) is 0 Å². The van der Waals surface area contributed by atoms with Crippen LogP contribution in [0, 0.1) is 5.92 Å². The Kier molecular flexibility index (Phi) is 4.46. The van der Waals surface area contributed by atoms with E-state index in [-0.39, 0.29) is 5.56 Å². The molecule has 21 heavy (non-hydrogen) atoms. The van der Waals surface area contributed by atoms with Crippen LogP contribution < -0.4 is 0 Å². The third kappa shape index (κ3) is 3.51. The molecule has 0 aliphatic carbocycles. The highest BCUT2D eigenvalue weighted by Gasteiger charge is 2.17. The van der Waals surface area contributed by atoms with Crippen LogP contribution in [-0.4, -0.2) is 20.9 Å². The van der Waals surface area contributed by atoms with E-state index >= 15 is 0 Å². The van der Waals surface area contributed by atoms with E-state index in [9.17, 15) is 9.90 Å². The molecule has 112 valence electrons. The lowest BCUT2D eigenvalue weighted by atomic mass is 10.00. The summed E-state index contributed by atoms with van der Waals surface area (Å²) in [4.78, 5) is 11.4. The van der Waals surface area contributed by atoms with Gasteiger partial charge < -0.3 is 5.11 Å². The second kappa shape index (κ2) is 6.12. The van der Waals surface area contributed by atoms with E-state index in [0.717, 1.165) is 5.56 Å². The largest absolute Gasteiger partial charge is 0.478 e. The average Bonchev–Trinajstić information content (AvgIpc) is 2.82. The molecule has 2 aromatic rings. The summed E-state index contributed by atoms with van der Waals surface area (Å²) in [5, 5.41) is 13.8. The van der Waals surface area contributed by atoms with Crippen LogP contribution in [0.5, 0.6) is 0 Å². The molecule has 1 aromatic heterocycles. The molecule has 0 spiro atoms. The normalized spacial score (nSPS) is 11.3. The summed E-state index contributed by atoms with van der Waals surface area (Å²) in [6.45, 7) is 9.15. The predicted octanol–water partition coefficient (Wildman–Crippen LogP) is 4.03. The standard InChI is InChI=1S/C17H22N2O2/c1-11(2)9-19-10-15(17(20)21)16(18-19)14-7-5-13(6-8-14)12(3)4/h5-8,10-12H,9H2,1-4H3,(H,20,21). The second-order valence-corrected chi connectivity index (χ2v) is 6.09. The van der Waals surface area contributed by atoms with Crippen molar-refractivity contribution in [3.05, 3.63) is 41.6 Å². The molecule has 4 heteroatoms. The quantitative estimate of drug-likeness (QED) is 0.903. The molecule has 0 fully saturated rings. The van der Waals surface area contributed by atoms with E-state index in [1.54, 1.807) is 10.9 Å². The van der Waals surface area contributed by atoms with Gasteiger partial charge >= 0.3 is 5.97 Å². The molecule has 0 saturated carbocycles. The molecule has 0 unspecified atom stereocenters. The molecule has 0 saturated heterocycles. The van der Waals surface area contributed by atoms with Gasteiger partial charge in [-0.1, -0.05) is 52.0 Å². The van der Waals surface area contributed by atoms with Gasteiger partial charge in [-0.3, -0.25) is 4.68 Å². The van der Waals surface area contributed by atoms with Gasteiger partial charge in [-0.25, -0.2) is 4.79 Å². The minimum atomic E-state index is -0.937. The van der Waals surface area contributed by atoms with Crippen LogP contribution in [0.1, 0.15) is 49.5 Å². The number of aromatic carboxylic acids is 1. The van der Waals surface area contributed by atoms with E-state index in [1.165, 1.54) is 5.56 Å². The molecule has 1 aromatic carbocycles. The highest BCUT2D eigenvalue weighted by Crippen LogP contribution is 2.25. The number of hydrogen-bond donors (Lipinski definition) is 1. The molecular weight excluding hydrogens is 264 g/mol. The molecule has 0 amide bonds. The molecule has 1 N–H and O–H groups in total. The minimum absolute atomic E-state index is 0.257. The van der Waals surface area contributed by atoms with Crippen molar-refractivity contribution >= 4 is 5.97 Å². The molecule has 0 atom stereocenters. The highest BCUT2D eigenvalue weighted by molar-refractivity contribution is 5.94. The van der Waals surface area contributed by atoms with Crippen LogP contribution >= 0.6 is 0 Å². The number of benzene rings is 1. The van der Waals surface area contributed by atoms with E-state index < -0.39 is 5.97 Å². The Morgan fingerprint density at radius 2 is 1.81 bits per heavy atom. The Balaban J connectivity index is 2.41. The molecule has 1 heterocycles. The van der Waals surface area contributed by atoms with Crippen LogP contribution in [0.4, 0.5) is 0 Å². The maximum absolute atomic E-state index is 11.4. The van der Waals surface area contributed by atoms with E-state index in [4.69, 9.17) is 0 Å². The number of rotatable bonds is 5. The SMILES string of the molecule is CC(C)Cn1cc(C(=O)O)c(-c2ccc(C(C)C)cc2)n1. The number of carboxylic acid groups (broad SMARTS) is 1. The number of hydrogen-bond acceptors (Lipinski definition) is 2. The summed E-state index contributed by atoms with van der Waals surface area (Å²) in [5.41, 5.74) is 2.88. The first-order chi connectivity index (χ1) is 9.88. The molecule has 0 bridgehead atoms. The number of carbonyl (C=O) groups is 1. The highest BCUT2D eigenvalue weighted by atomic mass is 16.4. The predicted molar refractivity (Wildman–Crippen MR) is 83.5 cm³/mol. The maximum Gasteiger partial charge on any atom is 0.339 e. The van der Waals surface area contributed by atoms with Crippen molar-refractivity contribution in [3.8, 4) is 11.3 Å². The number of carboxylic acids is 1. The summed E-state index contributed by atoms with van der Waals surface area (Å²) in [6.07, 6.45) is 1.62. The van der Waals surface area contributed by atoms with Gasteiger partial charge in [0.15, 0.2) is 0 Å². The van der Waals surface area contributed by atoms with Gasteiger partial charge in [0, 0.05) is 18.3 Å². The van der Waals surface area contributed by atoms with Crippen molar-refractivity contribution < 1.29 is 9.90 Å². The van der Waals surface area contributed by atoms with Crippen LogP contribution in [0.15, 0.2) is 30.5 Å². The number of nitrogens with zero attached hydrogens (tertiary/aromatic N) is 2. The number of aromatic nitrogens is 2. The van der Waals surface area contributed by atoms with Crippen molar-refractivity contribution in [1.82, 2.24) is 9.78 Å². The Labute approximate surface area is 125 Å². The van der Waals surface area contributed by atoms with Gasteiger partial charge in [0.2, 0.25) is 0 Å². The van der Waals surface area contributed by atoms with E-state index in [2.05, 4.69) is 32.8 Å². The Morgan fingerprint density at radius 1 is 1.19 bits per heavy atom. The lowest BCUT2D eigenvalue weighted by Crippen LogP contribution is -2.04. The summed E-state index contributed by atoms with van der Waals surface area (Å²) in [5.74, 6) is -0.0628. The molecule has 0 aliphatic heterocycles. The first kappa shape index (κ1) is 15.3. The Hall–Kier alpha value is -2.10. The fourth-order valence-electron chi connectivity index (χ4n) is 2.28. The van der Waals surface area contributed by atoms with Gasteiger partial charge in [-0.2, -0.15) is 5.10 Å². The van der Waals surface area contributed by atoms with Gasteiger partial charge in [-0.05, 0) is 17.4 Å². The summed E-state index contributed by atoms with van der Waals surface area (Å²) >= 11 is 0. The van der Waals surface area contributed by atoms with Gasteiger partial charge in [0.05, 0.1) is 0 Å². The van der Waals surface area contributed by atoms with Crippen molar-refractivity contribution in [1.29, 1.82) is 0 Å². The Bertz CT molecular complexity index is 625. The topological polar surface area (TPSA) is 55.1 Å². The monoisotopic (exact) mass is 286 g/mol. The second-order valence-electron chi connectivity index (χ2n) is 6.09. The lowest BCUT2D eigenvalue weighted by Gasteiger charge is -2.06. The van der Waals surface area contributed by atoms with Crippen molar-refractivity contribution in [2.45, 2.75) is 40.2 Å². The zero-order chi connectivity index (χ0) is 15.6. The molecule has 0 radical (unpaired) electrons. The first-order valence-corrected chi connectivity index (χ1v) is 7.29.